The summed E-state index contributed by atoms with van der Waals surface area (Å²) >= 11 is 6.34. The van der Waals surface area contributed by atoms with Gasteiger partial charge < -0.3 is 16.0 Å². The van der Waals surface area contributed by atoms with Crippen molar-refractivity contribution in [3.63, 3.8) is 0 Å². The Morgan fingerprint density at radius 3 is 2.73 bits per heavy atom. The number of nitrogens with zero attached hydrogens (tertiary/aromatic N) is 4. The minimum absolute atomic E-state index is 0.436. The molecule has 0 bridgehead atoms. The normalized spacial score (nSPS) is 27.5. The minimum atomic E-state index is 0.436. The molecular formula is C18H24ClN7. The molecule has 3 heterocycles. The zero-order chi connectivity index (χ0) is 17.7. The van der Waals surface area contributed by atoms with Crippen LogP contribution < -0.4 is 16.0 Å². The van der Waals surface area contributed by atoms with Gasteiger partial charge in [0.15, 0.2) is 5.82 Å². The predicted octanol–water partition coefficient (Wildman–Crippen LogP) is 2.89. The van der Waals surface area contributed by atoms with Crippen molar-refractivity contribution in [3.8, 4) is 0 Å². The molecule has 0 aromatic carbocycles. The summed E-state index contributed by atoms with van der Waals surface area (Å²) in [6.45, 7) is 2.27. The van der Waals surface area contributed by atoms with Gasteiger partial charge in [0, 0.05) is 25.1 Å². The molecule has 0 amide bonds. The van der Waals surface area contributed by atoms with Crippen molar-refractivity contribution in [2.45, 2.75) is 37.6 Å². The van der Waals surface area contributed by atoms with Crippen molar-refractivity contribution in [1.82, 2.24) is 25.1 Å². The van der Waals surface area contributed by atoms with E-state index < -0.39 is 0 Å². The van der Waals surface area contributed by atoms with E-state index in [2.05, 4.69) is 37.1 Å². The first-order chi connectivity index (χ1) is 12.7. The van der Waals surface area contributed by atoms with E-state index in [1.165, 1.54) is 25.7 Å². The Balaban J connectivity index is 1.30. The summed E-state index contributed by atoms with van der Waals surface area (Å²) in [7, 11) is 1.94. The molecule has 26 heavy (non-hydrogen) atoms. The van der Waals surface area contributed by atoms with Gasteiger partial charge in [0.05, 0.1) is 11.9 Å². The highest BCUT2D eigenvalue weighted by atomic mass is 35.5. The fraction of sp³-hybridized carbons (Fsp3) is 0.611. The van der Waals surface area contributed by atoms with Crippen LogP contribution in [0.1, 0.15) is 37.3 Å². The Hall–Kier alpha value is -1.86. The molecule has 8 heteroatoms. The molecule has 138 valence electrons. The maximum absolute atomic E-state index is 6.34. The second-order valence-corrected chi connectivity index (χ2v) is 8.27. The third kappa shape index (κ3) is 3.14. The molecule has 2 atom stereocenters. The third-order valence-corrected chi connectivity index (χ3v) is 6.15. The molecule has 3 N–H and O–H groups in total. The summed E-state index contributed by atoms with van der Waals surface area (Å²) in [5, 5.41) is 15.4. The predicted molar refractivity (Wildman–Crippen MR) is 102 cm³/mol. The lowest BCUT2D eigenvalue weighted by Crippen LogP contribution is -2.21. The van der Waals surface area contributed by atoms with Crippen molar-refractivity contribution in [2.75, 3.05) is 23.7 Å². The number of anilines is 3. The van der Waals surface area contributed by atoms with Crippen molar-refractivity contribution in [1.29, 1.82) is 0 Å². The Labute approximate surface area is 157 Å². The van der Waals surface area contributed by atoms with E-state index in [9.17, 15) is 0 Å². The molecule has 0 radical (unpaired) electrons. The Bertz CT molecular complexity index is 804. The highest BCUT2D eigenvalue weighted by molar-refractivity contribution is 6.32. The van der Waals surface area contributed by atoms with Crippen LogP contribution in [-0.4, -0.2) is 38.9 Å². The van der Waals surface area contributed by atoms with E-state index in [0.717, 1.165) is 36.4 Å². The second kappa shape index (κ2) is 6.39. The van der Waals surface area contributed by atoms with Gasteiger partial charge in [0.2, 0.25) is 5.95 Å². The monoisotopic (exact) mass is 373 g/mol. The van der Waals surface area contributed by atoms with Crippen LogP contribution in [0.2, 0.25) is 5.02 Å². The van der Waals surface area contributed by atoms with Gasteiger partial charge in [-0.1, -0.05) is 11.6 Å². The van der Waals surface area contributed by atoms with E-state index in [1.54, 1.807) is 6.20 Å². The Morgan fingerprint density at radius 1 is 1.23 bits per heavy atom. The molecule has 7 nitrogen and oxygen atoms in total. The van der Waals surface area contributed by atoms with Crippen molar-refractivity contribution >= 4 is 29.2 Å². The van der Waals surface area contributed by atoms with Gasteiger partial charge in [0.25, 0.3) is 0 Å². The van der Waals surface area contributed by atoms with Crippen LogP contribution in [-0.2, 0) is 7.05 Å². The number of rotatable bonds is 5. The number of halogens is 1. The highest BCUT2D eigenvalue weighted by Crippen LogP contribution is 2.40. The molecule has 2 aromatic heterocycles. The van der Waals surface area contributed by atoms with Gasteiger partial charge in [-0.2, -0.15) is 10.1 Å². The van der Waals surface area contributed by atoms with Gasteiger partial charge in [-0.05, 0) is 50.6 Å². The van der Waals surface area contributed by atoms with E-state index in [4.69, 9.17) is 11.6 Å². The zero-order valence-corrected chi connectivity index (χ0v) is 15.6. The number of aryl methyl sites for hydroxylation is 1. The topological polar surface area (TPSA) is 79.7 Å². The summed E-state index contributed by atoms with van der Waals surface area (Å²) in [6.07, 6.45) is 6.48. The number of hydrogen-bond donors (Lipinski definition) is 3. The fourth-order valence-corrected chi connectivity index (χ4v) is 4.45. The summed E-state index contributed by atoms with van der Waals surface area (Å²) in [4.78, 5) is 8.95. The summed E-state index contributed by atoms with van der Waals surface area (Å²) in [5.41, 5.74) is 1.15. The summed E-state index contributed by atoms with van der Waals surface area (Å²) in [5.74, 6) is 4.34. The number of aromatic nitrogens is 4. The molecule has 3 fully saturated rings. The van der Waals surface area contributed by atoms with Crippen molar-refractivity contribution < 1.29 is 0 Å². The summed E-state index contributed by atoms with van der Waals surface area (Å²) < 4.78 is 1.85. The fourth-order valence-electron chi connectivity index (χ4n) is 4.31. The van der Waals surface area contributed by atoms with Crippen molar-refractivity contribution in [2.24, 2.45) is 18.9 Å². The van der Waals surface area contributed by atoms with Gasteiger partial charge >= 0.3 is 0 Å². The number of hydrogen-bond acceptors (Lipinski definition) is 6. The lowest BCUT2D eigenvalue weighted by atomic mass is 10.0. The quantitative estimate of drug-likeness (QED) is 0.747. The first-order valence-electron chi connectivity index (χ1n) is 9.46. The van der Waals surface area contributed by atoms with Crippen molar-refractivity contribution in [3.05, 3.63) is 23.0 Å². The zero-order valence-electron chi connectivity index (χ0n) is 14.9. The number of fused-ring (bicyclic) bond motifs is 1. The van der Waals surface area contributed by atoms with Gasteiger partial charge in [-0.3, -0.25) is 4.68 Å². The minimum Gasteiger partial charge on any atom is -0.366 e. The smallest absolute Gasteiger partial charge is 0.230 e. The van der Waals surface area contributed by atoms with Crippen LogP contribution >= 0.6 is 11.6 Å². The van der Waals surface area contributed by atoms with E-state index in [-0.39, 0.29) is 0 Å². The Kier molecular flexibility index (Phi) is 4.01. The van der Waals surface area contributed by atoms with Crippen LogP contribution in [0.25, 0.3) is 0 Å². The lowest BCUT2D eigenvalue weighted by molar-refractivity contribution is 0.494. The molecule has 2 aliphatic carbocycles. The van der Waals surface area contributed by atoms with Gasteiger partial charge in [-0.25, -0.2) is 4.98 Å². The second-order valence-electron chi connectivity index (χ2n) is 7.86. The molecule has 0 spiro atoms. The Morgan fingerprint density at radius 2 is 2.00 bits per heavy atom. The SMILES string of the molecule is Cn1nc(C2CC2)cc1Nc1ncc(Cl)c(NC2CC3CNCC3C2)n1. The van der Waals surface area contributed by atoms with Crippen LogP contribution in [0.15, 0.2) is 12.3 Å². The molecular weight excluding hydrogens is 350 g/mol. The average molecular weight is 374 g/mol. The first kappa shape index (κ1) is 16.3. The molecule has 1 saturated heterocycles. The molecule has 5 rings (SSSR count). The molecule has 2 saturated carbocycles. The van der Waals surface area contributed by atoms with Gasteiger partial charge in [0.1, 0.15) is 10.8 Å². The molecule has 2 unspecified atom stereocenters. The maximum atomic E-state index is 6.34. The summed E-state index contributed by atoms with van der Waals surface area (Å²) in [6, 6.07) is 2.53. The standard InChI is InChI=1S/C18H24ClN7/c1-26-16(6-15(25-26)10-2-3-10)23-18-21-9-14(19)17(24-18)22-13-4-11-7-20-8-12(11)5-13/h6,9-13,20H,2-5,7-8H2,1H3,(H2,21,22,23,24). The van der Waals surface area contributed by atoms with E-state index in [1.807, 2.05) is 11.7 Å². The highest BCUT2D eigenvalue weighted by Gasteiger charge is 2.37. The molecule has 3 aliphatic rings. The largest absolute Gasteiger partial charge is 0.366 e. The maximum Gasteiger partial charge on any atom is 0.230 e. The number of nitrogens with one attached hydrogen (secondary N) is 3. The van der Waals surface area contributed by atoms with Gasteiger partial charge in [-0.15, -0.1) is 0 Å². The van der Waals surface area contributed by atoms with Crippen LogP contribution in [0, 0.1) is 11.8 Å². The van der Waals surface area contributed by atoms with E-state index in [0.29, 0.717) is 28.7 Å². The van der Waals surface area contributed by atoms with Crippen LogP contribution in [0.3, 0.4) is 0 Å². The van der Waals surface area contributed by atoms with Crippen LogP contribution in [0.5, 0.6) is 0 Å². The third-order valence-electron chi connectivity index (χ3n) is 5.87. The van der Waals surface area contributed by atoms with E-state index >= 15 is 0 Å². The van der Waals surface area contributed by atoms with Crippen LogP contribution in [0.4, 0.5) is 17.6 Å². The lowest BCUT2D eigenvalue weighted by Gasteiger charge is -2.16. The molecule has 2 aromatic rings. The molecule has 1 aliphatic heterocycles. The average Bonchev–Trinajstić information content (AvgIpc) is 3.11. The first-order valence-corrected chi connectivity index (χ1v) is 9.84.